The fourth-order valence-electron chi connectivity index (χ4n) is 3.62. The molecule has 1 aromatic carbocycles. The third kappa shape index (κ3) is 5.00. The second-order valence-electron chi connectivity index (χ2n) is 7.47. The highest BCUT2D eigenvalue weighted by Gasteiger charge is 2.19. The fourth-order valence-corrected chi connectivity index (χ4v) is 3.94. The van der Waals surface area contributed by atoms with Crippen molar-refractivity contribution in [3.63, 3.8) is 0 Å². The summed E-state index contributed by atoms with van der Waals surface area (Å²) in [5.41, 5.74) is 1.64. The molecule has 4 rings (SSSR count). The monoisotopic (exact) mass is 463 g/mol. The minimum absolute atomic E-state index is 0.110. The molecule has 9 nitrogen and oxygen atoms in total. The van der Waals surface area contributed by atoms with Crippen molar-refractivity contribution < 1.29 is 4.79 Å². The molecular formula is C20H23Cl2N7O2. The first-order valence-corrected chi connectivity index (χ1v) is 10.8. The van der Waals surface area contributed by atoms with Crippen LogP contribution in [0.25, 0.3) is 11.0 Å². The second kappa shape index (κ2) is 9.25. The van der Waals surface area contributed by atoms with Gasteiger partial charge in [-0.2, -0.15) is 5.10 Å². The maximum atomic E-state index is 12.7. The van der Waals surface area contributed by atoms with Crippen molar-refractivity contribution in [3.8, 4) is 0 Å². The highest BCUT2D eigenvalue weighted by molar-refractivity contribution is 6.42. The van der Waals surface area contributed by atoms with Crippen LogP contribution in [0.4, 0.5) is 5.95 Å². The zero-order valence-electron chi connectivity index (χ0n) is 17.1. The molecule has 0 saturated carbocycles. The summed E-state index contributed by atoms with van der Waals surface area (Å²) in [5, 5.41) is 8.41. The molecule has 3 aromatic rings. The van der Waals surface area contributed by atoms with Crippen molar-refractivity contribution in [2.24, 2.45) is 0 Å². The van der Waals surface area contributed by atoms with Crippen LogP contribution in [-0.4, -0.2) is 68.2 Å². The molecule has 0 aliphatic carbocycles. The molecule has 3 heterocycles. The molecule has 0 spiro atoms. The number of carbonyl (C=O) groups excluding carboxylic acids is 1. The molecular weight excluding hydrogens is 441 g/mol. The van der Waals surface area contributed by atoms with Gasteiger partial charge in [0.25, 0.3) is 5.56 Å². The van der Waals surface area contributed by atoms with Crippen LogP contribution in [-0.2, 0) is 17.9 Å². The molecule has 0 bridgehead atoms. The van der Waals surface area contributed by atoms with Gasteiger partial charge in [0.1, 0.15) is 5.52 Å². The van der Waals surface area contributed by atoms with Gasteiger partial charge in [0.15, 0.2) is 5.52 Å². The molecule has 1 saturated heterocycles. The Kier molecular flexibility index (Phi) is 6.45. The Balaban J connectivity index is 1.40. The Morgan fingerprint density at radius 3 is 2.65 bits per heavy atom. The van der Waals surface area contributed by atoms with Crippen LogP contribution >= 0.6 is 23.2 Å². The Morgan fingerprint density at radius 1 is 1.16 bits per heavy atom. The predicted octanol–water partition coefficient (Wildman–Crippen LogP) is 2.20. The summed E-state index contributed by atoms with van der Waals surface area (Å²) in [6, 6.07) is 5.35. The summed E-state index contributed by atoms with van der Waals surface area (Å²) in [7, 11) is 0. The van der Waals surface area contributed by atoms with Crippen LogP contribution < -0.4 is 10.9 Å². The standard InChI is InChI=1S/C20H23Cl2N7O2/c1-13(30)28-7-4-27(5-8-28)6-9-29-18-17(12-24-29)25-20(26-19(18)31)23-11-14-2-3-15(21)16(22)10-14/h2-3,10,12H,4-9,11H2,1H3,(H2,23,25,26,31). The van der Waals surface area contributed by atoms with Gasteiger partial charge in [-0.25, -0.2) is 4.98 Å². The number of benzene rings is 1. The number of aromatic nitrogens is 4. The number of nitrogens with one attached hydrogen (secondary N) is 2. The van der Waals surface area contributed by atoms with Gasteiger partial charge in [-0.15, -0.1) is 0 Å². The maximum absolute atomic E-state index is 12.7. The molecule has 0 unspecified atom stereocenters. The number of amides is 1. The average Bonchev–Trinajstić information content (AvgIpc) is 3.17. The number of carbonyl (C=O) groups is 1. The van der Waals surface area contributed by atoms with Gasteiger partial charge in [0.2, 0.25) is 11.9 Å². The van der Waals surface area contributed by atoms with Crippen molar-refractivity contribution in [3.05, 3.63) is 50.4 Å². The van der Waals surface area contributed by atoms with Crippen LogP contribution in [0.2, 0.25) is 10.0 Å². The highest BCUT2D eigenvalue weighted by atomic mass is 35.5. The van der Waals surface area contributed by atoms with Gasteiger partial charge in [0, 0.05) is 46.2 Å². The first-order valence-electron chi connectivity index (χ1n) is 10.0. The maximum Gasteiger partial charge on any atom is 0.278 e. The number of halogens is 2. The SMILES string of the molecule is CC(=O)N1CCN(CCn2ncc3nc(NCc4ccc(Cl)c(Cl)c4)[nH]c(=O)c32)CC1. The van der Waals surface area contributed by atoms with E-state index in [4.69, 9.17) is 23.2 Å². The minimum Gasteiger partial charge on any atom is -0.352 e. The van der Waals surface area contributed by atoms with Crippen molar-refractivity contribution >= 4 is 46.1 Å². The summed E-state index contributed by atoms with van der Waals surface area (Å²) in [6.07, 6.45) is 1.60. The molecule has 1 fully saturated rings. The lowest BCUT2D eigenvalue weighted by Gasteiger charge is -2.34. The Hall–Kier alpha value is -2.62. The van der Waals surface area contributed by atoms with Gasteiger partial charge in [-0.1, -0.05) is 29.3 Å². The zero-order chi connectivity index (χ0) is 22.0. The van der Waals surface area contributed by atoms with Gasteiger partial charge in [-0.3, -0.25) is 24.2 Å². The number of H-pyrrole nitrogens is 1. The molecule has 2 N–H and O–H groups in total. The number of hydrogen-bond donors (Lipinski definition) is 2. The van der Waals surface area contributed by atoms with Crippen LogP contribution in [0.1, 0.15) is 12.5 Å². The third-order valence-corrected chi connectivity index (χ3v) is 6.13. The first-order chi connectivity index (χ1) is 14.9. The van der Waals surface area contributed by atoms with E-state index < -0.39 is 0 Å². The number of rotatable bonds is 6. The topological polar surface area (TPSA) is 99.2 Å². The van der Waals surface area contributed by atoms with E-state index in [-0.39, 0.29) is 11.5 Å². The van der Waals surface area contributed by atoms with Gasteiger partial charge < -0.3 is 10.2 Å². The van der Waals surface area contributed by atoms with E-state index >= 15 is 0 Å². The molecule has 31 heavy (non-hydrogen) atoms. The third-order valence-electron chi connectivity index (χ3n) is 5.39. The number of nitrogens with zero attached hydrogens (tertiary/aromatic N) is 5. The minimum atomic E-state index is -0.250. The van der Waals surface area contributed by atoms with E-state index in [1.54, 1.807) is 29.9 Å². The van der Waals surface area contributed by atoms with Gasteiger partial charge in [-0.05, 0) is 17.7 Å². The van der Waals surface area contributed by atoms with Crippen molar-refractivity contribution in [2.45, 2.75) is 20.0 Å². The molecule has 1 aliphatic heterocycles. The van der Waals surface area contributed by atoms with Crippen LogP contribution in [0, 0.1) is 0 Å². The summed E-state index contributed by atoms with van der Waals surface area (Å²) < 4.78 is 1.68. The van der Waals surface area contributed by atoms with Crippen molar-refractivity contribution in [1.82, 2.24) is 29.5 Å². The lowest BCUT2D eigenvalue weighted by molar-refractivity contribution is -0.130. The smallest absolute Gasteiger partial charge is 0.278 e. The quantitative estimate of drug-likeness (QED) is 0.581. The summed E-state index contributed by atoms with van der Waals surface area (Å²) in [6.45, 7) is 6.44. The van der Waals surface area contributed by atoms with Crippen molar-refractivity contribution in [1.29, 1.82) is 0 Å². The molecule has 11 heteroatoms. The number of piperazine rings is 1. The molecule has 1 amide bonds. The number of fused-ring (bicyclic) bond motifs is 1. The van der Waals surface area contributed by atoms with E-state index in [1.807, 2.05) is 11.0 Å². The first kappa shape index (κ1) is 21.6. The predicted molar refractivity (Wildman–Crippen MR) is 121 cm³/mol. The Bertz CT molecular complexity index is 1150. The summed E-state index contributed by atoms with van der Waals surface area (Å²) in [5.74, 6) is 0.474. The number of aromatic amines is 1. The van der Waals surface area contributed by atoms with E-state index in [1.165, 1.54) is 0 Å². The number of hydrogen-bond acceptors (Lipinski definition) is 6. The van der Waals surface area contributed by atoms with Crippen LogP contribution in [0.3, 0.4) is 0 Å². The molecule has 1 aliphatic rings. The Morgan fingerprint density at radius 2 is 1.94 bits per heavy atom. The van der Waals surface area contributed by atoms with E-state index in [0.717, 1.165) is 38.3 Å². The Labute approximate surface area is 188 Å². The molecule has 2 aromatic heterocycles. The van der Waals surface area contributed by atoms with Crippen LogP contribution in [0.5, 0.6) is 0 Å². The van der Waals surface area contributed by atoms with Gasteiger partial charge >= 0.3 is 0 Å². The van der Waals surface area contributed by atoms with Gasteiger partial charge in [0.05, 0.1) is 22.8 Å². The zero-order valence-corrected chi connectivity index (χ0v) is 18.6. The summed E-state index contributed by atoms with van der Waals surface area (Å²) in [4.78, 5) is 35.5. The lowest BCUT2D eigenvalue weighted by atomic mass is 10.2. The normalized spacial score (nSPS) is 14.9. The van der Waals surface area contributed by atoms with Crippen molar-refractivity contribution in [2.75, 3.05) is 38.0 Å². The average molecular weight is 464 g/mol. The van der Waals surface area contributed by atoms with Crippen LogP contribution in [0.15, 0.2) is 29.2 Å². The largest absolute Gasteiger partial charge is 0.352 e. The molecule has 0 radical (unpaired) electrons. The van der Waals surface area contributed by atoms with E-state index in [2.05, 4.69) is 25.3 Å². The highest BCUT2D eigenvalue weighted by Crippen LogP contribution is 2.22. The van der Waals surface area contributed by atoms with E-state index in [9.17, 15) is 9.59 Å². The lowest BCUT2D eigenvalue weighted by Crippen LogP contribution is -2.48. The fraction of sp³-hybridized carbons (Fsp3) is 0.400. The second-order valence-corrected chi connectivity index (χ2v) is 8.28. The van der Waals surface area contributed by atoms with E-state index in [0.29, 0.717) is 40.1 Å². The number of anilines is 1. The molecule has 0 atom stereocenters. The molecule has 164 valence electrons. The summed E-state index contributed by atoms with van der Waals surface area (Å²) >= 11 is 12.0.